The molecule has 1 aromatic rings. The van der Waals surface area contributed by atoms with Crippen LogP contribution in [0.25, 0.3) is 0 Å². The number of ketones is 1. The van der Waals surface area contributed by atoms with Gasteiger partial charge in [0, 0.05) is 23.7 Å². The summed E-state index contributed by atoms with van der Waals surface area (Å²) in [7, 11) is 0. The average Bonchev–Trinajstić information content (AvgIpc) is 2.57. The molecule has 0 bridgehead atoms. The molecule has 2 nitrogen and oxygen atoms in total. The quantitative estimate of drug-likeness (QED) is 0.788. The van der Waals surface area contributed by atoms with Gasteiger partial charge in [-0.05, 0) is 30.0 Å². The molecular formula is C14H17Cl2NO. The molecule has 4 heteroatoms. The smallest absolute Gasteiger partial charge is 0.178 e. The Bertz CT molecular complexity index is 451. The maximum atomic E-state index is 12.2. The van der Waals surface area contributed by atoms with E-state index in [1.165, 1.54) is 0 Å². The highest BCUT2D eigenvalue weighted by Gasteiger charge is 2.27. The number of benzene rings is 1. The first-order valence-corrected chi connectivity index (χ1v) is 6.93. The first-order chi connectivity index (χ1) is 8.47. The second-order valence-corrected chi connectivity index (χ2v) is 6.04. The number of carbonyl (C=O) groups excluding carboxylic acids is 1. The Hall–Kier alpha value is -0.570. The van der Waals surface area contributed by atoms with Gasteiger partial charge in [-0.15, -0.1) is 0 Å². The first-order valence-electron chi connectivity index (χ1n) is 6.18. The van der Waals surface area contributed by atoms with Crippen LogP contribution in [0, 0.1) is 11.8 Å². The van der Waals surface area contributed by atoms with Gasteiger partial charge in [-0.1, -0.05) is 37.0 Å². The van der Waals surface area contributed by atoms with E-state index in [1.807, 2.05) is 0 Å². The van der Waals surface area contributed by atoms with Crippen LogP contribution >= 0.6 is 23.2 Å². The normalized spacial score (nSPS) is 24.4. The van der Waals surface area contributed by atoms with Gasteiger partial charge in [0.15, 0.2) is 5.78 Å². The highest BCUT2D eigenvalue weighted by Crippen LogP contribution is 2.24. The fraction of sp³-hybridized carbons (Fsp3) is 0.500. The molecule has 1 aliphatic heterocycles. The molecule has 1 fully saturated rings. The molecule has 2 unspecified atom stereocenters. The van der Waals surface area contributed by atoms with E-state index in [4.69, 9.17) is 23.2 Å². The summed E-state index contributed by atoms with van der Waals surface area (Å²) in [6, 6.07) is 5.03. The van der Waals surface area contributed by atoms with Crippen LogP contribution in [0.2, 0.25) is 10.0 Å². The molecule has 2 rings (SSSR count). The highest BCUT2D eigenvalue weighted by atomic mass is 35.5. The Kier molecular flexibility index (Phi) is 4.31. The fourth-order valence-corrected chi connectivity index (χ4v) is 2.90. The monoisotopic (exact) mass is 285 g/mol. The van der Waals surface area contributed by atoms with Crippen LogP contribution in [0.15, 0.2) is 18.2 Å². The third-order valence-electron chi connectivity index (χ3n) is 3.66. The van der Waals surface area contributed by atoms with Crippen LogP contribution in [0.3, 0.4) is 0 Å². The zero-order valence-electron chi connectivity index (χ0n) is 10.6. The van der Waals surface area contributed by atoms with Crippen LogP contribution in [0.4, 0.5) is 0 Å². The van der Waals surface area contributed by atoms with Gasteiger partial charge < -0.3 is 0 Å². The van der Waals surface area contributed by atoms with Crippen molar-refractivity contribution in [1.29, 1.82) is 0 Å². The van der Waals surface area contributed by atoms with Crippen molar-refractivity contribution in [3.05, 3.63) is 33.8 Å². The van der Waals surface area contributed by atoms with Crippen LogP contribution in [-0.4, -0.2) is 30.3 Å². The van der Waals surface area contributed by atoms with E-state index < -0.39 is 0 Å². The zero-order valence-corrected chi connectivity index (χ0v) is 12.1. The summed E-state index contributed by atoms with van der Waals surface area (Å²) < 4.78 is 0. The number of Topliss-reactive ketones (excluding diaryl/α,β-unsaturated/α-hetero) is 1. The number of halogens is 2. The third-order valence-corrected chi connectivity index (χ3v) is 4.21. The zero-order chi connectivity index (χ0) is 13.3. The lowest BCUT2D eigenvalue weighted by Crippen LogP contribution is -2.28. The van der Waals surface area contributed by atoms with E-state index in [9.17, 15) is 4.79 Å². The minimum absolute atomic E-state index is 0.0676. The van der Waals surface area contributed by atoms with Crippen molar-refractivity contribution >= 4 is 29.0 Å². The molecule has 1 heterocycles. The molecular weight excluding hydrogens is 269 g/mol. The van der Waals surface area contributed by atoms with E-state index in [1.54, 1.807) is 18.2 Å². The number of rotatable bonds is 3. The van der Waals surface area contributed by atoms with Gasteiger partial charge in [0.1, 0.15) is 0 Å². The van der Waals surface area contributed by atoms with Gasteiger partial charge in [0.05, 0.1) is 11.6 Å². The molecule has 0 aliphatic carbocycles. The molecule has 98 valence electrons. The summed E-state index contributed by atoms with van der Waals surface area (Å²) in [5.41, 5.74) is 0.563. The van der Waals surface area contributed by atoms with Crippen molar-refractivity contribution in [3.63, 3.8) is 0 Å². The van der Waals surface area contributed by atoms with Crippen LogP contribution in [-0.2, 0) is 0 Å². The molecule has 0 radical (unpaired) electrons. The third kappa shape index (κ3) is 3.05. The summed E-state index contributed by atoms with van der Waals surface area (Å²) in [6.45, 7) is 6.86. The van der Waals surface area contributed by atoms with Gasteiger partial charge in [-0.3, -0.25) is 9.69 Å². The lowest BCUT2D eigenvalue weighted by Gasteiger charge is -2.14. The lowest BCUT2D eigenvalue weighted by atomic mass is 10.0. The summed E-state index contributed by atoms with van der Waals surface area (Å²) in [5.74, 6) is 1.37. The Morgan fingerprint density at radius 3 is 2.44 bits per heavy atom. The van der Waals surface area contributed by atoms with Crippen LogP contribution in [0.5, 0.6) is 0 Å². The van der Waals surface area contributed by atoms with Crippen molar-refractivity contribution in [3.8, 4) is 0 Å². The molecule has 0 aromatic heterocycles. The standard InChI is InChI=1S/C14H17Cl2NO/c1-9-6-17(7-10(9)2)8-14(18)12-4-3-11(15)5-13(12)16/h3-5,9-10H,6-8H2,1-2H3. The van der Waals surface area contributed by atoms with Crippen LogP contribution in [0.1, 0.15) is 24.2 Å². The van der Waals surface area contributed by atoms with E-state index in [0.717, 1.165) is 13.1 Å². The Balaban J connectivity index is 2.04. The van der Waals surface area contributed by atoms with Crippen molar-refractivity contribution in [1.82, 2.24) is 4.90 Å². The SMILES string of the molecule is CC1CN(CC(=O)c2ccc(Cl)cc2Cl)CC1C. The first kappa shape index (κ1) is 13.9. The summed E-state index contributed by atoms with van der Waals surface area (Å²) in [6.07, 6.45) is 0. The van der Waals surface area contributed by atoms with Gasteiger partial charge in [-0.25, -0.2) is 0 Å². The topological polar surface area (TPSA) is 20.3 Å². The molecule has 1 aromatic carbocycles. The largest absolute Gasteiger partial charge is 0.295 e. The highest BCUT2D eigenvalue weighted by molar-refractivity contribution is 6.36. The summed E-state index contributed by atoms with van der Waals surface area (Å²) in [5, 5.41) is 0.993. The van der Waals surface area contributed by atoms with E-state index in [-0.39, 0.29) is 5.78 Å². The van der Waals surface area contributed by atoms with Gasteiger partial charge in [0.25, 0.3) is 0 Å². The number of hydrogen-bond acceptors (Lipinski definition) is 2. The maximum absolute atomic E-state index is 12.2. The molecule has 0 N–H and O–H groups in total. The molecule has 0 amide bonds. The van der Waals surface area contributed by atoms with E-state index >= 15 is 0 Å². The minimum atomic E-state index is 0.0676. The predicted molar refractivity (Wildman–Crippen MR) is 75.6 cm³/mol. The number of hydrogen-bond donors (Lipinski definition) is 0. The number of nitrogens with zero attached hydrogens (tertiary/aromatic N) is 1. The van der Waals surface area contributed by atoms with E-state index in [2.05, 4.69) is 18.7 Å². The number of carbonyl (C=O) groups is 1. The average molecular weight is 286 g/mol. The molecule has 1 saturated heterocycles. The Morgan fingerprint density at radius 2 is 1.89 bits per heavy atom. The minimum Gasteiger partial charge on any atom is -0.295 e. The van der Waals surface area contributed by atoms with Crippen molar-refractivity contribution in [2.24, 2.45) is 11.8 Å². The molecule has 1 aliphatic rings. The second-order valence-electron chi connectivity index (χ2n) is 5.20. The van der Waals surface area contributed by atoms with Crippen LogP contribution < -0.4 is 0 Å². The maximum Gasteiger partial charge on any atom is 0.178 e. The second kappa shape index (κ2) is 5.60. The predicted octanol–water partition coefficient (Wildman–Crippen LogP) is 3.76. The molecule has 0 spiro atoms. The van der Waals surface area contributed by atoms with Gasteiger partial charge in [0.2, 0.25) is 0 Å². The van der Waals surface area contributed by atoms with Crippen molar-refractivity contribution < 1.29 is 4.79 Å². The lowest BCUT2D eigenvalue weighted by molar-refractivity contribution is 0.0943. The summed E-state index contributed by atoms with van der Waals surface area (Å²) in [4.78, 5) is 14.4. The van der Waals surface area contributed by atoms with E-state index in [0.29, 0.717) is 34.0 Å². The van der Waals surface area contributed by atoms with Crippen molar-refractivity contribution in [2.45, 2.75) is 13.8 Å². The summed E-state index contributed by atoms with van der Waals surface area (Å²) >= 11 is 11.9. The van der Waals surface area contributed by atoms with Crippen molar-refractivity contribution in [2.75, 3.05) is 19.6 Å². The molecule has 18 heavy (non-hydrogen) atoms. The molecule has 0 saturated carbocycles. The number of likely N-dealkylation sites (tertiary alicyclic amines) is 1. The fourth-order valence-electron chi connectivity index (χ4n) is 2.38. The molecule has 2 atom stereocenters. The van der Waals surface area contributed by atoms with Gasteiger partial charge >= 0.3 is 0 Å². The van der Waals surface area contributed by atoms with Gasteiger partial charge in [-0.2, -0.15) is 0 Å². The Labute approximate surface area is 118 Å². The Morgan fingerprint density at radius 1 is 1.28 bits per heavy atom.